The summed E-state index contributed by atoms with van der Waals surface area (Å²) in [6, 6.07) is 0. The molecule has 0 aromatic rings. The molecule has 0 spiro atoms. The zero-order valence-corrected chi connectivity index (χ0v) is 14.3. The highest BCUT2D eigenvalue weighted by Gasteiger charge is 2.29. The van der Waals surface area contributed by atoms with Crippen LogP contribution >= 0.6 is 0 Å². The first-order valence-corrected chi connectivity index (χ1v) is 9.04. The highest BCUT2D eigenvalue weighted by molar-refractivity contribution is 5.80. The summed E-state index contributed by atoms with van der Waals surface area (Å²) in [7, 11) is 0. The fraction of sp³-hybridized carbons (Fsp3) is 0.941. The summed E-state index contributed by atoms with van der Waals surface area (Å²) in [4.78, 5) is 7.05. The lowest BCUT2D eigenvalue weighted by Gasteiger charge is -2.35. The Balaban J connectivity index is 1.90. The molecular weight excluding hydrogens is 278 g/mol. The van der Waals surface area contributed by atoms with E-state index in [1.807, 2.05) is 0 Å². The molecule has 2 rings (SSSR count). The molecule has 22 heavy (non-hydrogen) atoms. The zero-order chi connectivity index (χ0) is 15.8. The lowest BCUT2D eigenvalue weighted by molar-refractivity contribution is 0.0121. The highest BCUT2D eigenvalue weighted by Crippen LogP contribution is 2.28. The van der Waals surface area contributed by atoms with Crippen LogP contribution in [-0.2, 0) is 4.74 Å². The lowest BCUT2D eigenvalue weighted by atomic mass is 9.85. The molecule has 1 saturated carbocycles. The van der Waals surface area contributed by atoms with Crippen LogP contribution in [0.2, 0.25) is 0 Å². The minimum Gasteiger partial charge on any atom is -0.388 e. The number of hydrogen-bond acceptors (Lipinski definition) is 3. The Hall–Kier alpha value is -0.810. The van der Waals surface area contributed by atoms with Crippen LogP contribution in [0.5, 0.6) is 0 Å². The Morgan fingerprint density at radius 3 is 2.50 bits per heavy atom. The molecule has 5 nitrogen and oxygen atoms in total. The van der Waals surface area contributed by atoms with E-state index in [0.717, 1.165) is 70.7 Å². The van der Waals surface area contributed by atoms with Gasteiger partial charge in [-0.1, -0.05) is 19.3 Å². The minimum atomic E-state index is -0.581. The van der Waals surface area contributed by atoms with Crippen molar-refractivity contribution in [3.63, 3.8) is 0 Å². The van der Waals surface area contributed by atoms with E-state index in [2.05, 4.69) is 24.1 Å². The second-order valence-corrected chi connectivity index (χ2v) is 6.60. The van der Waals surface area contributed by atoms with Crippen LogP contribution in [0.15, 0.2) is 4.99 Å². The van der Waals surface area contributed by atoms with E-state index in [1.165, 1.54) is 6.42 Å². The highest BCUT2D eigenvalue weighted by atomic mass is 16.5. The van der Waals surface area contributed by atoms with Crippen molar-refractivity contribution >= 4 is 5.96 Å². The normalized spacial score (nSPS) is 23.6. The first kappa shape index (κ1) is 17.5. The molecule has 0 aromatic heterocycles. The second-order valence-electron chi connectivity index (χ2n) is 6.60. The third kappa shape index (κ3) is 5.13. The van der Waals surface area contributed by atoms with Gasteiger partial charge in [0.05, 0.1) is 18.2 Å². The molecule has 1 heterocycles. The van der Waals surface area contributed by atoms with E-state index >= 15 is 0 Å². The van der Waals surface area contributed by atoms with Crippen LogP contribution in [0.1, 0.15) is 58.8 Å². The molecular formula is C17H33N3O2. The Kier molecular flexibility index (Phi) is 6.96. The van der Waals surface area contributed by atoms with E-state index < -0.39 is 5.60 Å². The predicted octanol–water partition coefficient (Wildman–Crippen LogP) is 2.15. The Morgan fingerprint density at radius 2 is 1.91 bits per heavy atom. The topological polar surface area (TPSA) is 57.1 Å². The molecule has 1 aliphatic carbocycles. The van der Waals surface area contributed by atoms with Gasteiger partial charge in [-0.3, -0.25) is 4.99 Å². The fourth-order valence-corrected chi connectivity index (χ4v) is 3.49. The summed E-state index contributed by atoms with van der Waals surface area (Å²) in [6.07, 6.45) is 7.80. The van der Waals surface area contributed by atoms with Gasteiger partial charge >= 0.3 is 0 Å². The van der Waals surface area contributed by atoms with Crippen LogP contribution in [0, 0.1) is 0 Å². The fourth-order valence-electron chi connectivity index (χ4n) is 3.49. The summed E-state index contributed by atoms with van der Waals surface area (Å²) < 4.78 is 5.72. The van der Waals surface area contributed by atoms with E-state index in [9.17, 15) is 5.11 Å². The number of guanidine groups is 1. The molecule has 0 unspecified atom stereocenters. The van der Waals surface area contributed by atoms with Crippen molar-refractivity contribution in [1.29, 1.82) is 0 Å². The Bertz CT molecular complexity index is 346. The van der Waals surface area contributed by atoms with Gasteiger partial charge in [0.15, 0.2) is 5.96 Å². The van der Waals surface area contributed by atoms with E-state index in [-0.39, 0.29) is 0 Å². The number of rotatable bonds is 5. The number of aliphatic imine (C=N–C) groups is 1. The molecule has 0 amide bonds. The Labute approximate surface area is 135 Å². The Morgan fingerprint density at radius 1 is 1.23 bits per heavy atom. The largest absolute Gasteiger partial charge is 0.388 e. The summed E-state index contributed by atoms with van der Waals surface area (Å²) >= 11 is 0. The van der Waals surface area contributed by atoms with Crippen molar-refractivity contribution < 1.29 is 9.84 Å². The average molecular weight is 311 g/mol. The molecule has 2 aliphatic rings. The van der Waals surface area contributed by atoms with Crippen molar-refractivity contribution in [2.75, 3.05) is 32.8 Å². The summed E-state index contributed by atoms with van der Waals surface area (Å²) in [5.74, 6) is 0.955. The number of likely N-dealkylation sites (tertiary alicyclic amines) is 1. The van der Waals surface area contributed by atoms with Crippen LogP contribution < -0.4 is 5.32 Å². The smallest absolute Gasteiger partial charge is 0.194 e. The number of nitrogens with one attached hydrogen (secondary N) is 1. The van der Waals surface area contributed by atoms with Gasteiger partial charge in [0.25, 0.3) is 0 Å². The molecule has 5 heteroatoms. The first-order valence-electron chi connectivity index (χ1n) is 9.04. The number of nitrogens with zero attached hydrogens (tertiary/aromatic N) is 2. The number of hydrogen-bond donors (Lipinski definition) is 2. The van der Waals surface area contributed by atoms with Crippen LogP contribution in [0.4, 0.5) is 0 Å². The molecule has 0 aromatic carbocycles. The van der Waals surface area contributed by atoms with Gasteiger partial charge in [-0.2, -0.15) is 0 Å². The van der Waals surface area contributed by atoms with Gasteiger partial charge in [-0.15, -0.1) is 0 Å². The lowest BCUT2D eigenvalue weighted by Crippen LogP contribution is -2.48. The van der Waals surface area contributed by atoms with Gasteiger partial charge in [-0.25, -0.2) is 0 Å². The molecule has 1 saturated heterocycles. The minimum absolute atomic E-state index is 0.395. The number of ether oxygens (including phenoxy) is 1. The van der Waals surface area contributed by atoms with Crippen molar-refractivity contribution in [2.45, 2.75) is 70.5 Å². The maximum absolute atomic E-state index is 10.6. The molecule has 128 valence electrons. The van der Waals surface area contributed by atoms with E-state index in [0.29, 0.717) is 12.6 Å². The quantitative estimate of drug-likeness (QED) is 0.603. The van der Waals surface area contributed by atoms with E-state index in [4.69, 9.17) is 9.73 Å². The van der Waals surface area contributed by atoms with Crippen molar-refractivity contribution in [2.24, 2.45) is 4.99 Å². The number of aliphatic hydroxyl groups is 1. The average Bonchev–Trinajstić information content (AvgIpc) is 2.53. The van der Waals surface area contributed by atoms with Crippen LogP contribution in [-0.4, -0.2) is 60.5 Å². The molecule has 2 N–H and O–H groups in total. The van der Waals surface area contributed by atoms with E-state index in [1.54, 1.807) is 0 Å². The zero-order valence-electron chi connectivity index (χ0n) is 14.3. The third-order valence-electron chi connectivity index (χ3n) is 4.79. The monoisotopic (exact) mass is 311 g/mol. The van der Waals surface area contributed by atoms with Crippen molar-refractivity contribution in [3.8, 4) is 0 Å². The first-order chi connectivity index (χ1) is 10.7. The molecule has 1 aliphatic heterocycles. The van der Waals surface area contributed by atoms with Gasteiger partial charge in [0.2, 0.25) is 0 Å². The maximum Gasteiger partial charge on any atom is 0.194 e. The summed E-state index contributed by atoms with van der Waals surface area (Å²) in [6.45, 7) is 8.31. The molecule has 2 fully saturated rings. The van der Waals surface area contributed by atoms with Gasteiger partial charge < -0.3 is 20.1 Å². The maximum atomic E-state index is 10.6. The number of piperidine rings is 1. The van der Waals surface area contributed by atoms with Crippen molar-refractivity contribution in [3.05, 3.63) is 0 Å². The van der Waals surface area contributed by atoms with Crippen LogP contribution in [0.25, 0.3) is 0 Å². The molecule has 0 radical (unpaired) electrons. The third-order valence-corrected chi connectivity index (χ3v) is 4.79. The van der Waals surface area contributed by atoms with Crippen LogP contribution in [0.3, 0.4) is 0 Å². The summed E-state index contributed by atoms with van der Waals surface area (Å²) in [5, 5.41) is 14.0. The standard InChI is InChI=1S/C17H33N3O2/c1-3-18-16(19-14-17(21)10-6-5-7-11-17)20-12-8-15(9-13-20)22-4-2/h15,21H,3-14H2,1-2H3,(H,18,19). The second kappa shape index (κ2) is 8.73. The predicted molar refractivity (Wildman–Crippen MR) is 90.2 cm³/mol. The molecule has 0 bridgehead atoms. The van der Waals surface area contributed by atoms with Gasteiger partial charge in [0, 0.05) is 26.2 Å². The summed E-state index contributed by atoms with van der Waals surface area (Å²) in [5.41, 5.74) is -0.581. The van der Waals surface area contributed by atoms with Crippen molar-refractivity contribution in [1.82, 2.24) is 10.2 Å². The molecule has 0 atom stereocenters. The van der Waals surface area contributed by atoms with Gasteiger partial charge in [0.1, 0.15) is 0 Å². The SMILES string of the molecule is CCNC(=NCC1(O)CCCCC1)N1CCC(OCC)CC1. The van der Waals surface area contributed by atoms with Gasteiger partial charge in [-0.05, 0) is 39.5 Å².